The summed E-state index contributed by atoms with van der Waals surface area (Å²) in [5, 5.41) is 11.7. The highest BCUT2D eigenvalue weighted by Crippen LogP contribution is 2.41. The summed E-state index contributed by atoms with van der Waals surface area (Å²) in [5.74, 6) is 1.63. The summed E-state index contributed by atoms with van der Waals surface area (Å²) in [6.45, 7) is 2.83. The van der Waals surface area contributed by atoms with Gasteiger partial charge in [0.15, 0.2) is 0 Å². The summed E-state index contributed by atoms with van der Waals surface area (Å²) in [5.41, 5.74) is 10.7. The molecule has 34 heavy (non-hydrogen) atoms. The molecule has 1 aliphatic rings. The number of rotatable bonds is 9. The van der Waals surface area contributed by atoms with Crippen molar-refractivity contribution < 1.29 is 13.9 Å². The van der Waals surface area contributed by atoms with Gasteiger partial charge in [-0.15, -0.1) is 0 Å². The molecular weight excluding hydrogens is 435 g/mol. The lowest BCUT2D eigenvalue weighted by Crippen LogP contribution is -2.11. The fraction of sp³-hybridized carbons (Fsp3) is 0.320. The van der Waals surface area contributed by atoms with E-state index in [1.165, 1.54) is 25.0 Å². The highest BCUT2D eigenvalue weighted by atomic mass is 19.1. The Labute approximate surface area is 196 Å². The number of hydrogen-bond donors (Lipinski definition) is 3. The molecule has 1 aliphatic carbocycles. The van der Waals surface area contributed by atoms with Crippen LogP contribution in [0.25, 0.3) is 22.2 Å². The van der Waals surface area contributed by atoms with E-state index >= 15 is 0 Å². The molecule has 1 saturated carbocycles. The topological polar surface area (TPSA) is 111 Å². The molecule has 0 spiro atoms. The molecule has 2 heterocycles. The van der Waals surface area contributed by atoms with Crippen molar-refractivity contribution in [3.63, 3.8) is 0 Å². The predicted molar refractivity (Wildman–Crippen MR) is 129 cm³/mol. The number of nitrogen functional groups attached to an aromatic ring is 1. The van der Waals surface area contributed by atoms with Crippen molar-refractivity contribution in [2.75, 3.05) is 31.4 Å². The van der Waals surface area contributed by atoms with Gasteiger partial charge in [0.05, 0.1) is 29.2 Å². The molecule has 4 aromatic rings. The molecular formula is C25H27FN6O2. The molecule has 5 rings (SSSR count). The SMILES string of the molecule is COCCOc1cc(-c2cc(C3CC3)[nH]n2)c2c(N)nc(N[C@@H](C)c3ccc(F)cc3)nc2c1. The molecule has 0 radical (unpaired) electrons. The van der Waals surface area contributed by atoms with E-state index in [4.69, 9.17) is 20.2 Å². The van der Waals surface area contributed by atoms with Gasteiger partial charge in [0.2, 0.25) is 5.95 Å². The zero-order valence-corrected chi connectivity index (χ0v) is 19.1. The molecule has 0 saturated heterocycles. The lowest BCUT2D eigenvalue weighted by Gasteiger charge is -2.16. The molecule has 0 amide bonds. The minimum absolute atomic E-state index is 0.148. The smallest absolute Gasteiger partial charge is 0.225 e. The van der Waals surface area contributed by atoms with Crippen LogP contribution in [0, 0.1) is 5.82 Å². The Morgan fingerprint density at radius 1 is 1.15 bits per heavy atom. The van der Waals surface area contributed by atoms with E-state index in [9.17, 15) is 4.39 Å². The van der Waals surface area contributed by atoms with E-state index in [-0.39, 0.29) is 11.9 Å². The van der Waals surface area contributed by atoms with E-state index in [0.29, 0.717) is 47.6 Å². The monoisotopic (exact) mass is 462 g/mol. The second-order valence-corrected chi connectivity index (χ2v) is 8.54. The highest BCUT2D eigenvalue weighted by molar-refractivity contribution is 6.02. The Morgan fingerprint density at radius 3 is 2.68 bits per heavy atom. The van der Waals surface area contributed by atoms with Gasteiger partial charge in [-0.05, 0) is 49.6 Å². The summed E-state index contributed by atoms with van der Waals surface area (Å²) >= 11 is 0. The second-order valence-electron chi connectivity index (χ2n) is 8.54. The van der Waals surface area contributed by atoms with Crippen LogP contribution in [-0.4, -0.2) is 40.5 Å². The second kappa shape index (κ2) is 9.26. The van der Waals surface area contributed by atoms with Gasteiger partial charge in [0.1, 0.15) is 24.0 Å². The Morgan fingerprint density at radius 2 is 1.94 bits per heavy atom. The minimum atomic E-state index is -0.279. The number of anilines is 2. The minimum Gasteiger partial charge on any atom is -0.491 e. The number of fused-ring (bicyclic) bond motifs is 1. The summed E-state index contributed by atoms with van der Waals surface area (Å²) in [6.07, 6.45) is 2.35. The number of halogens is 1. The van der Waals surface area contributed by atoms with Crippen molar-refractivity contribution in [3.8, 4) is 17.0 Å². The van der Waals surface area contributed by atoms with Crippen LogP contribution in [0.15, 0.2) is 42.5 Å². The standard InChI is InChI=1S/C25H27FN6O2/c1-14(15-5-7-17(26)8-6-15)28-25-29-22-12-18(34-10-9-33-2)11-19(23(22)24(27)30-25)21-13-20(31-32-21)16-3-4-16/h5-8,11-14,16H,3-4,9-10H2,1-2H3,(H,31,32)(H3,27,28,29,30)/t14-/m0/s1. The number of nitrogens with two attached hydrogens (primary N) is 1. The molecule has 1 fully saturated rings. The molecule has 176 valence electrons. The van der Waals surface area contributed by atoms with Crippen molar-refractivity contribution in [2.45, 2.75) is 31.7 Å². The number of aromatic amines is 1. The quantitative estimate of drug-likeness (QED) is 0.306. The predicted octanol–water partition coefficient (Wildman–Crippen LogP) is 4.82. The maximum absolute atomic E-state index is 13.3. The molecule has 0 unspecified atom stereocenters. The van der Waals surface area contributed by atoms with Crippen LogP contribution in [-0.2, 0) is 4.74 Å². The van der Waals surface area contributed by atoms with E-state index in [1.807, 2.05) is 19.1 Å². The number of hydrogen-bond acceptors (Lipinski definition) is 7. The maximum Gasteiger partial charge on any atom is 0.225 e. The Bertz CT molecular complexity index is 1300. The molecule has 2 aromatic heterocycles. The van der Waals surface area contributed by atoms with Gasteiger partial charge in [0.25, 0.3) is 0 Å². The summed E-state index contributed by atoms with van der Waals surface area (Å²) in [4.78, 5) is 9.24. The molecule has 0 aliphatic heterocycles. The Hall–Kier alpha value is -3.72. The number of benzene rings is 2. The highest BCUT2D eigenvalue weighted by Gasteiger charge is 2.26. The lowest BCUT2D eigenvalue weighted by atomic mass is 10.0. The third-order valence-corrected chi connectivity index (χ3v) is 5.96. The van der Waals surface area contributed by atoms with Crippen molar-refractivity contribution in [1.82, 2.24) is 20.2 Å². The van der Waals surface area contributed by atoms with Gasteiger partial charge >= 0.3 is 0 Å². The van der Waals surface area contributed by atoms with Gasteiger partial charge in [-0.3, -0.25) is 5.10 Å². The Balaban J connectivity index is 1.53. The molecule has 9 heteroatoms. The van der Waals surface area contributed by atoms with Crippen molar-refractivity contribution in [1.29, 1.82) is 0 Å². The van der Waals surface area contributed by atoms with Crippen LogP contribution < -0.4 is 15.8 Å². The van der Waals surface area contributed by atoms with Crippen LogP contribution in [0.1, 0.15) is 43.0 Å². The van der Waals surface area contributed by atoms with Crippen molar-refractivity contribution in [3.05, 3.63) is 59.5 Å². The molecule has 1 atom stereocenters. The summed E-state index contributed by atoms with van der Waals surface area (Å²) in [7, 11) is 1.63. The fourth-order valence-electron chi connectivity index (χ4n) is 3.97. The maximum atomic E-state index is 13.3. The van der Waals surface area contributed by atoms with E-state index < -0.39 is 0 Å². The summed E-state index contributed by atoms with van der Waals surface area (Å²) < 4.78 is 24.3. The molecule has 0 bridgehead atoms. The fourth-order valence-corrected chi connectivity index (χ4v) is 3.97. The number of nitrogens with one attached hydrogen (secondary N) is 2. The number of H-pyrrole nitrogens is 1. The number of aromatic nitrogens is 4. The first-order valence-corrected chi connectivity index (χ1v) is 11.3. The molecule has 2 aromatic carbocycles. The van der Waals surface area contributed by atoms with Crippen molar-refractivity contribution in [2.24, 2.45) is 0 Å². The van der Waals surface area contributed by atoms with E-state index in [2.05, 4.69) is 26.6 Å². The average molecular weight is 463 g/mol. The largest absolute Gasteiger partial charge is 0.491 e. The normalized spacial score (nSPS) is 14.3. The first-order valence-electron chi connectivity index (χ1n) is 11.3. The number of ether oxygens (including phenoxy) is 2. The van der Waals surface area contributed by atoms with Gasteiger partial charge in [0, 0.05) is 30.4 Å². The molecule has 8 nitrogen and oxygen atoms in total. The van der Waals surface area contributed by atoms with Gasteiger partial charge < -0.3 is 20.5 Å². The summed E-state index contributed by atoms with van der Waals surface area (Å²) in [6, 6.07) is 12.0. The third-order valence-electron chi connectivity index (χ3n) is 5.96. The van der Waals surface area contributed by atoms with Crippen molar-refractivity contribution >= 4 is 22.7 Å². The third kappa shape index (κ3) is 4.65. The molecule has 4 N–H and O–H groups in total. The van der Waals surface area contributed by atoms with Crippen LogP contribution in [0.5, 0.6) is 5.75 Å². The van der Waals surface area contributed by atoms with Crippen LogP contribution in [0.2, 0.25) is 0 Å². The Kier molecular flexibility index (Phi) is 6.02. The average Bonchev–Trinajstić information content (AvgIpc) is 3.55. The first kappa shape index (κ1) is 22.1. The number of methoxy groups -OCH3 is 1. The van der Waals surface area contributed by atoms with E-state index in [1.54, 1.807) is 19.2 Å². The van der Waals surface area contributed by atoms with E-state index in [0.717, 1.165) is 22.5 Å². The lowest BCUT2D eigenvalue weighted by molar-refractivity contribution is 0.146. The van der Waals surface area contributed by atoms with Crippen LogP contribution >= 0.6 is 0 Å². The van der Waals surface area contributed by atoms with Gasteiger partial charge in [-0.2, -0.15) is 10.1 Å². The van der Waals surface area contributed by atoms with Crippen LogP contribution in [0.3, 0.4) is 0 Å². The van der Waals surface area contributed by atoms with Crippen LogP contribution in [0.4, 0.5) is 16.2 Å². The van der Waals surface area contributed by atoms with Gasteiger partial charge in [-0.1, -0.05) is 12.1 Å². The number of nitrogens with zero attached hydrogens (tertiary/aromatic N) is 3. The first-order chi connectivity index (χ1) is 16.5. The zero-order chi connectivity index (χ0) is 23.7. The zero-order valence-electron chi connectivity index (χ0n) is 19.1. The van der Waals surface area contributed by atoms with Gasteiger partial charge in [-0.25, -0.2) is 9.37 Å².